The Morgan fingerprint density at radius 2 is 1.79 bits per heavy atom. The second-order valence-electron chi connectivity index (χ2n) is 7.69. The summed E-state index contributed by atoms with van der Waals surface area (Å²) in [6.07, 6.45) is 3.16. The van der Waals surface area contributed by atoms with Gasteiger partial charge in [0.05, 0.1) is 5.69 Å². The molecule has 0 spiro atoms. The Labute approximate surface area is 178 Å². The van der Waals surface area contributed by atoms with E-state index in [1.165, 1.54) is 43.4 Å². The highest BCUT2D eigenvalue weighted by Crippen LogP contribution is 2.34. The highest BCUT2D eigenvalue weighted by molar-refractivity contribution is 7.17. The molecule has 0 unspecified atom stereocenters. The van der Waals surface area contributed by atoms with Crippen LogP contribution < -0.4 is 4.90 Å². The summed E-state index contributed by atoms with van der Waals surface area (Å²) in [5.74, 6) is 0. The van der Waals surface area contributed by atoms with Crippen LogP contribution in [0.2, 0.25) is 5.02 Å². The fourth-order valence-electron chi connectivity index (χ4n) is 4.41. The second kappa shape index (κ2) is 6.65. The third-order valence-corrected chi connectivity index (χ3v) is 7.09. The van der Waals surface area contributed by atoms with Crippen molar-refractivity contribution in [2.75, 3.05) is 11.4 Å². The Morgan fingerprint density at radius 3 is 2.76 bits per heavy atom. The third kappa shape index (κ3) is 2.93. The summed E-state index contributed by atoms with van der Waals surface area (Å²) in [5.41, 5.74) is 7.86. The highest BCUT2D eigenvalue weighted by Gasteiger charge is 2.20. The number of halogens is 1. The van der Waals surface area contributed by atoms with E-state index in [4.69, 9.17) is 11.6 Å². The summed E-state index contributed by atoms with van der Waals surface area (Å²) in [4.78, 5) is 5.83. The van der Waals surface area contributed by atoms with Crippen LogP contribution in [0.25, 0.3) is 32.1 Å². The fraction of sp³-hybridized carbons (Fsp3) is 0.120. The molecule has 2 aromatic heterocycles. The lowest BCUT2D eigenvalue weighted by Crippen LogP contribution is -2.30. The van der Waals surface area contributed by atoms with Gasteiger partial charge in [-0.15, -0.1) is 11.3 Å². The fourth-order valence-corrected chi connectivity index (χ4v) is 5.41. The maximum Gasteiger partial charge on any atom is 0.0627 e. The Bertz CT molecular complexity index is 1360. The van der Waals surface area contributed by atoms with E-state index in [0.717, 1.165) is 30.0 Å². The van der Waals surface area contributed by atoms with Crippen molar-refractivity contribution in [3.05, 3.63) is 88.4 Å². The average Bonchev–Trinajstić information content (AvgIpc) is 3.39. The molecular formula is C25H19ClN2S. The van der Waals surface area contributed by atoms with Crippen molar-refractivity contribution in [1.29, 1.82) is 0 Å². The minimum Gasteiger partial charge on any atom is -0.365 e. The number of aromatic amines is 1. The molecule has 1 aliphatic rings. The zero-order valence-electron chi connectivity index (χ0n) is 15.8. The molecule has 1 N–H and O–H groups in total. The molecule has 3 aromatic carbocycles. The number of nitrogens with one attached hydrogen (secondary N) is 1. The van der Waals surface area contributed by atoms with Crippen molar-refractivity contribution in [1.82, 2.24) is 4.98 Å². The lowest BCUT2D eigenvalue weighted by Gasteiger charge is -2.30. The lowest BCUT2D eigenvalue weighted by molar-refractivity contribution is 0.734. The van der Waals surface area contributed by atoms with Crippen molar-refractivity contribution >= 4 is 49.6 Å². The molecule has 0 bridgehead atoms. The molecule has 6 rings (SSSR count). The highest BCUT2D eigenvalue weighted by atomic mass is 35.5. The Balaban J connectivity index is 1.33. The largest absolute Gasteiger partial charge is 0.365 e. The van der Waals surface area contributed by atoms with E-state index < -0.39 is 0 Å². The van der Waals surface area contributed by atoms with Gasteiger partial charge in [0, 0.05) is 39.9 Å². The second-order valence-corrected chi connectivity index (χ2v) is 9.08. The maximum absolute atomic E-state index is 6.24. The van der Waals surface area contributed by atoms with E-state index in [9.17, 15) is 0 Å². The van der Waals surface area contributed by atoms with Gasteiger partial charge >= 0.3 is 0 Å². The van der Waals surface area contributed by atoms with Crippen molar-refractivity contribution in [2.45, 2.75) is 13.0 Å². The van der Waals surface area contributed by atoms with Gasteiger partial charge < -0.3 is 9.88 Å². The summed E-state index contributed by atoms with van der Waals surface area (Å²) in [6.45, 7) is 1.94. The van der Waals surface area contributed by atoms with Gasteiger partial charge in [0.1, 0.15) is 0 Å². The van der Waals surface area contributed by atoms with Crippen LogP contribution in [0.1, 0.15) is 11.1 Å². The minimum atomic E-state index is 0.781. The van der Waals surface area contributed by atoms with Crippen LogP contribution in [0, 0.1) is 0 Å². The monoisotopic (exact) mass is 414 g/mol. The van der Waals surface area contributed by atoms with Crippen LogP contribution in [-0.4, -0.2) is 11.5 Å². The quantitative estimate of drug-likeness (QED) is 0.322. The van der Waals surface area contributed by atoms with E-state index in [-0.39, 0.29) is 0 Å². The SMILES string of the molecule is Clc1ccc2[nH]cc(N3CCc4cc(-c5ccc6ccsc6c5)ccc4C3)c2c1. The maximum atomic E-state index is 6.24. The molecule has 4 heteroatoms. The lowest BCUT2D eigenvalue weighted by atomic mass is 9.94. The van der Waals surface area contributed by atoms with Gasteiger partial charge in [0.25, 0.3) is 0 Å². The summed E-state index contributed by atoms with van der Waals surface area (Å²) < 4.78 is 1.35. The predicted molar refractivity (Wildman–Crippen MR) is 125 cm³/mol. The Hall–Kier alpha value is -2.75. The first-order valence-corrected chi connectivity index (χ1v) is 11.1. The van der Waals surface area contributed by atoms with Gasteiger partial charge in [-0.05, 0) is 69.8 Å². The van der Waals surface area contributed by atoms with E-state index in [1.807, 2.05) is 6.07 Å². The standard InChI is InChI=1S/C25H19ClN2S/c26-21-5-6-23-22(13-21)24(14-27-23)28-9-7-19-11-17(3-4-20(19)15-28)18-2-1-16-8-10-29-25(16)12-18/h1-6,8,10-14,27H,7,9,15H2. The summed E-state index contributed by atoms with van der Waals surface area (Å²) in [7, 11) is 0. The van der Waals surface area contributed by atoms with E-state index in [1.54, 1.807) is 11.3 Å². The van der Waals surface area contributed by atoms with Gasteiger partial charge in [-0.1, -0.05) is 41.9 Å². The molecule has 0 saturated carbocycles. The number of aromatic nitrogens is 1. The summed E-state index contributed by atoms with van der Waals surface area (Å²) >= 11 is 8.05. The predicted octanol–water partition coefficient (Wildman–Crippen LogP) is 7.27. The molecule has 29 heavy (non-hydrogen) atoms. The summed E-state index contributed by atoms with van der Waals surface area (Å²) in [6, 6.07) is 22.0. The van der Waals surface area contributed by atoms with Crippen molar-refractivity contribution in [3.8, 4) is 11.1 Å². The summed E-state index contributed by atoms with van der Waals surface area (Å²) in [5, 5.41) is 5.46. The Kier molecular flexibility index (Phi) is 3.93. The number of nitrogens with zero attached hydrogens (tertiary/aromatic N) is 1. The number of hydrogen-bond acceptors (Lipinski definition) is 2. The van der Waals surface area contributed by atoms with Gasteiger partial charge in [-0.2, -0.15) is 0 Å². The van der Waals surface area contributed by atoms with Crippen LogP contribution in [0.4, 0.5) is 5.69 Å². The van der Waals surface area contributed by atoms with Crippen LogP contribution in [-0.2, 0) is 13.0 Å². The molecule has 0 aliphatic carbocycles. The topological polar surface area (TPSA) is 19.0 Å². The first kappa shape index (κ1) is 17.1. The first-order valence-electron chi connectivity index (χ1n) is 9.86. The average molecular weight is 415 g/mol. The van der Waals surface area contributed by atoms with Crippen LogP contribution >= 0.6 is 22.9 Å². The van der Waals surface area contributed by atoms with Crippen LogP contribution in [0.5, 0.6) is 0 Å². The van der Waals surface area contributed by atoms with Gasteiger partial charge in [-0.3, -0.25) is 0 Å². The number of H-pyrrole nitrogens is 1. The zero-order chi connectivity index (χ0) is 19.4. The molecule has 0 saturated heterocycles. The van der Waals surface area contributed by atoms with Crippen LogP contribution in [0.3, 0.4) is 0 Å². The molecule has 1 aliphatic heterocycles. The molecule has 0 atom stereocenters. The van der Waals surface area contributed by atoms with E-state index in [0.29, 0.717) is 0 Å². The molecule has 5 aromatic rings. The van der Waals surface area contributed by atoms with Crippen LogP contribution in [0.15, 0.2) is 72.2 Å². The third-order valence-electron chi connectivity index (χ3n) is 5.97. The number of anilines is 1. The zero-order valence-corrected chi connectivity index (χ0v) is 17.4. The van der Waals surface area contributed by atoms with E-state index in [2.05, 4.69) is 76.1 Å². The van der Waals surface area contributed by atoms with Gasteiger partial charge in [-0.25, -0.2) is 0 Å². The number of rotatable bonds is 2. The van der Waals surface area contributed by atoms with Crippen molar-refractivity contribution in [3.63, 3.8) is 0 Å². The molecular weight excluding hydrogens is 396 g/mol. The number of fused-ring (bicyclic) bond motifs is 3. The molecule has 0 radical (unpaired) electrons. The Morgan fingerprint density at radius 1 is 0.897 bits per heavy atom. The number of benzene rings is 3. The smallest absolute Gasteiger partial charge is 0.0627 e. The molecule has 0 amide bonds. The molecule has 142 valence electrons. The van der Waals surface area contributed by atoms with Gasteiger partial charge in [0.2, 0.25) is 0 Å². The first-order chi connectivity index (χ1) is 14.2. The normalized spacial score (nSPS) is 13.9. The number of thiophene rings is 1. The molecule has 0 fully saturated rings. The molecule has 3 heterocycles. The van der Waals surface area contributed by atoms with Crippen molar-refractivity contribution in [2.24, 2.45) is 0 Å². The van der Waals surface area contributed by atoms with Gasteiger partial charge in [0.15, 0.2) is 0 Å². The number of hydrogen-bond donors (Lipinski definition) is 1. The minimum absolute atomic E-state index is 0.781. The van der Waals surface area contributed by atoms with Crippen molar-refractivity contribution < 1.29 is 0 Å². The van der Waals surface area contributed by atoms with E-state index >= 15 is 0 Å². The molecule has 2 nitrogen and oxygen atoms in total.